The van der Waals surface area contributed by atoms with Crippen LogP contribution in [-0.2, 0) is 4.79 Å². The minimum atomic E-state index is 0.0507. The molecule has 27 heavy (non-hydrogen) atoms. The van der Waals surface area contributed by atoms with Crippen LogP contribution >= 0.6 is 0 Å². The number of nitrogens with zero attached hydrogens (tertiary/aromatic N) is 2. The Hall–Kier alpha value is -2.04. The van der Waals surface area contributed by atoms with Gasteiger partial charge in [-0.1, -0.05) is 26.7 Å². The Bertz CT molecular complexity index is 680. The summed E-state index contributed by atoms with van der Waals surface area (Å²) in [4.78, 5) is 29.6. The Labute approximate surface area is 162 Å². The highest BCUT2D eigenvalue weighted by Gasteiger charge is 2.29. The number of hydrogen-bond acceptors (Lipinski definition) is 3. The van der Waals surface area contributed by atoms with E-state index in [1.165, 1.54) is 12.8 Å². The molecule has 0 N–H and O–H groups in total. The summed E-state index contributed by atoms with van der Waals surface area (Å²) < 4.78 is 5.43. The monoisotopic (exact) mass is 372 g/mol. The molecule has 148 valence electrons. The average molecular weight is 373 g/mol. The topological polar surface area (TPSA) is 49.9 Å². The average Bonchev–Trinajstić information content (AvgIpc) is 3.11. The van der Waals surface area contributed by atoms with E-state index in [1.807, 2.05) is 28.0 Å². The van der Waals surface area contributed by atoms with Crippen LogP contribution in [0, 0.1) is 5.92 Å². The zero-order valence-electron chi connectivity index (χ0n) is 16.9. The molecule has 3 rings (SSSR count). The second-order valence-electron chi connectivity index (χ2n) is 8.06. The third-order valence-electron chi connectivity index (χ3n) is 5.90. The first-order chi connectivity index (χ1) is 13.0. The van der Waals surface area contributed by atoms with E-state index in [1.54, 1.807) is 7.11 Å². The van der Waals surface area contributed by atoms with E-state index >= 15 is 0 Å². The molecule has 1 aliphatic carbocycles. The molecule has 2 aliphatic rings. The highest BCUT2D eigenvalue weighted by molar-refractivity contribution is 5.94. The number of methoxy groups -OCH3 is 1. The smallest absolute Gasteiger partial charge is 0.253 e. The summed E-state index contributed by atoms with van der Waals surface area (Å²) >= 11 is 0. The molecule has 5 heteroatoms. The van der Waals surface area contributed by atoms with Crippen molar-refractivity contribution in [1.29, 1.82) is 0 Å². The quantitative estimate of drug-likeness (QED) is 0.810. The first kappa shape index (κ1) is 19.7. The van der Waals surface area contributed by atoms with Gasteiger partial charge in [-0.2, -0.15) is 0 Å². The van der Waals surface area contributed by atoms with Crippen molar-refractivity contribution in [3.8, 4) is 5.75 Å². The molecule has 0 atom stereocenters. The van der Waals surface area contributed by atoms with E-state index in [-0.39, 0.29) is 17.7 Å². The van der Waals surface area contributed by atoms with Gasteiger partial charge < -0.3 is 14.5 Å². The Balaban J connectivity index is 1.67. The summed E-state index contributed by atoms with van der Waals surface area (Å²) in [6.45, 7) is 6.93. The summed E-state index contributed by atoms with van der Waals surface area (Å²) in [5, 5.41) is 0. The van der Waals surface area contributed by atoms with Gasteiger partial charge in [0.05, 0.1) is 7.11 Å². The van der Waals surface area contributed by atoms with E-state index in [0.29, 0.717) is 31.1 Å². The Morgan fingerprint density at radius 3 is 2.33 bits per heavy atom. The van der Waals surface area contributed by atoms with Gasteiger partial charge in [0.1, 0.15) is 5.75 Å². The number of amides is 2. The molecular weight excluding hydrogens is 340 g/mol. The van der Waals surface area contributed by atoms with Gasteiger partial charge >= 0.3 is 0 Å². The summed E-state index contributed by atoms with van der Waals surface area (Å²) in [5.74, 6) is 1.67. The number of carbonyl (C=O) groups excluding carboxylic acids is 2. The third-order valence-corrected chi connectivity index (χ3v) is 5.90. The normalized spacial score (nSPS) is 18.7. The largest absolute Gasteiger partial charge is 0.496 e. The van der Waals surface area contributed by atoms with Crippen molar-refractivity contribution in [2.45, 2.75) is 51.9 Å². The van der Waals surface area contributed by atoms with Crippen molar-refractivity contribution >= 4 is 11.8 Å². The standard InChI is InChI=1S/C22H32N2O3/c1-16(2)19-15-18(9-10-20(19)27-3)22(26)24-12-6-11-23(13-14-24)21(25)17-7-4-5-8-17/h9-10,15-17H,4-8,11-14H2,1-3H3. The van der Waals surface area contributed by atoms with E-state index in [9.17, 15) is 9.59 Å². The predicted molar refractivity (Wildman–Crippen MR) is 106 cm³/mol. The number of carbonyl (C=O) groups is 2. The van der Waals surface area contributed by atoms with Crippen LogP contribution in [0.1, 0.15) is 67.8 Å². The molecule has 0 bridgehead atoms. The summed E-state index contributed by atoms with van der Waals surface area (Å²) in [7, 11) is 1.66. The van der Waals surface area contributed by atoms with E-state index in [2.05, 4.69) is 13.8 Å². The van der Waals surface area contributed by atoms with Gasteiger partial charge in [0.2, 0.25) is 5.91 Å². The van der Waals surface area contributed by atoms with E-state index in [0.717, 1.165) is 37.1 Å². The van der Waals surface area contributed by atoms with Gasteiger partial charge in [0.15, 0.2) is 0 Å². The summed E-state index contributed by atoms with van der Waals surface area (Å²) in [6, 6.07) is 5.69. The van der Waals surface area contributed by atoms with Crippen LogP contribution in [0.15, 0.2) is 18.2 Å². The van der Waals surface area contributed by atoms with Gasteiger partial charge in [-0.05, 0) is 48.9 Å². The molecule has 1 saturated carbocycles. The predicted octanol–water partition coefficient (Wildman–Crippen LogP) is 3.68. The molecule has 1 heterocycles. The highest BCUT2D eigenvalue weighted by Crippen LogP contribution is 2.29. The Kier molecular flexibility index (Phi) is 6.40. The molecule has 0 spiro atoms. The Morgan fingerprint density at radius 1 is 1.00 bits per heavy atom. The van der Waals surface area contributed by atoms with Crippen LogP contribution < -0.4 is 4.74 Å². The summed E-state index contributed by atoms with van der Waals surface area (Å²) in [5.41, 5.74) is 1.76. The molecule has 1 aromatic carbocycles. The number of benzene rings is 1. The zero-order valence-corrected chi connectivity index (χ0v) is 16.9. The molecule has 2 fully saturated rings. The molecule has 1 saturated heterocycles. The summed E-state index contributed by atoms with van der Waals surface area (Å²) in [6.07, 6.45) is 5.25. The Morgan fingerprint density at radius 2 is 1.67 bits per heavy atom. The molecule has 2 amide bonds. The van der Waals surface area contributed by atoms with Crippen LogP contribution in [0.25, 0.3) is 0 Å². The fourth-order valence-electron chi connectivity index (χ4n) is 4.27. The SMILES string of the molecule is COc1ccc(C(=O)N2CCCN(C(=O)C3CCCC3)CC2)cc1C(C)C. The van der Waals surface area contributed by atoms with E-state index in [4.69, 9.17) is 4.74 Å². The van der Waals surface area contributed by atoms with Gasteiger partial charge in [-0.3, -0.25) is 9.59 Å². The maximum absolute atomic E-state index is 13.0. The van der Waals surface area contributed by atoms with Crippen molar-refractivity contribution in [2.75, 3.05) is 33.3 Å². The van der Waals surface area contributed by atoms with Crippen molar-refractivity contribution in [3.05, 3.63) is 29.3 Å². The molecule has 0 unspecified atom stereocenters. The second-order valence-corrected chi connectivity index (χ2v) is 8.06. The van der Waals surface area contributed by atoms with Crippen LogP contribution in [0.3, 0.4) is 0 Å². The first-order valence-electron chi connectivity index (χ1n) is 10.3. The van der Waals surface area contributed by atoms with Crippen molar-refractivity contribution in [3.63, 3.8) is 0 Å². The lowest BCUT2D eigenvalue weighted by atomic mass is 9.99. The maximum atomic E-state index is 13.0. The van der Waals surface area contributed by atoms with Gasteiger partial charge in [-0.15, -0.1) is 0 Å². The fourth-order valence-corrected chi connectivity index (χ4v) is 4.27. The van der Waals surface area contributed by atoms with Crippen molar-refractivity contribution in [1.82, 2.24) is 9.80 Å². The molecule has 0 radical (unpaired) electrons. The highest BCUT2D eigenvalue weighted by atomic mass is 16.5. The van der Waals surface area contributed by atoms with Gasteiger partial charge in [-0.25, -0.2) is 0 Å². The lowest BCUT2D eigenvalue weighted by Crippen LogP contribution is -2.39. The van der Waals surface area contributed by atoms with E-state index < -0.39 is 0 Å². The number of rotatable bonds is 4. The first-order valence-corrected chi connectivity index (χ1v) is 10.3. The third kappa shape index (κ3) is 4.45. The van der Waals surface area contributed by atoms with Gasteiger partial charge in [0, 0.05) is 37.7 Å². The fraction of sp³-hybridized carbons (Fsp3) is 0.636. The second kappa shape index (κ2) is 8.77. The lowest BCUT2D eigenvalue weighted by molar-refractivity contribution is -0.135. The molecule has 0 aromatic heterocycles. The van der Waals surface area contributed by atoms with Gasteiger partial charge in [0.25, 0.3) is 5.91 Å². The van der Waals surface area contributed by atoms with Crippen molar-refractivity contribution < 1.29 is 14.3 Å². The lowest BCUT2D eigenvalue weighted by Gasteiger charge is -2.25. The maximum Gasteiger partial charge on any atom is 0.253 e. The molecule has 1 aromatic rings. The molecule has 5 nitrogen and oxygen atoms in total. The van der Waals surface area contributed by atoms with Crippen molar-refractivity contribution in [2.24, 2.45) is 5.92 Å². The number of hydrogen-bond donors (Lipinski definition) is 0. The van der Waals surface area contributed by atoms with Crippen LogP contribution in [0.4, 0.5) is 0 Å². The molecule has 1 aliphatic heterocycles. The van der Waals surface area contributed by atoms with Crippen LogP contribution in [0.2, 0.25) is 0 Å². The molecular formula is C22H32N2O3. The van der Waals surface area contributed by atoms with Crippen LogP contribution in [-0.4, -0.2) is 54.9 Å². The minimum Gasteiger partial charge on any atom is -0.496 e. The minimum absolute atomic E-state index is 0.0507. The number of ether oxygens (including phenoxy) is 1. The zero-order chi connectivity index (χ0) is 19.4. The van der Waals surface area contributed by atoms with Crippen LogP contribution in [0.5, 0.6) is 5.75 Å².